The van der Waals surface area contributed by atoms with Gasteiger partial charge in [0.1, 0.15) is 0 Å². The third kappa shape index (κ3) is 11.7. The molecule has 0 aliphatic heterocycles. The summed E-state index contributed by atoms with van der Waals surface area (Å²) in [5.41, 5.74) is 5.45. The molecule has 1 atom stereocenters. The lowest BCUT2D eigenvalue weighted by molar-refractivity contribution is -0.144. The second kappa shape index (κ2) is 19.2. The lowest BCUT2D eigenvalue weighted by atomic mass is 9.77. The van der Waals surface area contributed by atoms with Crippen LogP contribution >= 0.6 is 0 Å². The summed E-state index contributed by atoms with van der Waals surface area (Å²) in [5, 5.41) is 9.06. The van der Waals surface area contributed by atoms with Crippen molar-refractivity contribution in [1.82, 2.24) is 0 Å². The summed E-state index contributed by atoms with van der Waals surface area (Å²) in [6, 6.07) is 17.7. The van der Waals surface area contributed by atoms with E-state index < -0.39 is 11.9 Å². The zero-order valence-electron chi connectivity index (χ0n) is 26.9. The molecule has 0 heterocycles. The van der Waals surface area contributed by atoms with Gasteiger partial charge in [0.15, 0.2) is 0 Å². The van der Waals surface area contributed by atoms with Crippen LogP contribution < -0.4 is 0 Å². The average Bonchev–Trinajstić information content (AvgIpc) is 3.05. The van der Waals surface area contributed by atoms with Crippen molar-refractivity contribution in [2.24, 2.45) is 11.8 Å². The first-order valence-corrected chi connectivity index (χ1v) is 16.3. The van der Waals surface area contributed by atoms with E-state index in [4.69, 9.17) is 19.3 Å². The number of aliphatic hydroxyl groups excluding tert-OH is 1. The first-order valence-electron chi connectivity index (χ1n) is 16.3. The van der Waals surface area contributed by atoms with Gasteiger partial charge in [0.05, 0.1) is 25.4 Å². The van der Waals surface area contributed by atoms with Crippen LogP contribution in [0.1, 0.15) is 88.2 Å². The van der Waals surface area contributed by atoms with Gasteiger partial charge in [0, 0.05) is 31.6 Å². The highest BCUT2D eigenvalue weighted by atomic mass is 16.5. The maximum Gasteiger partial charge on any atom is 0.335 e. The first-order chi connectivity index (χ1) is 21.3. The second-order valence-electron chi connectivity index (χ2n) is 12.2. The quantitative estimate of drug-likeness (QED) is 0.0995. The number of hydrogen-bond acceptors (Lipinski definition) is 6. The van der Waals surface area contributed by atoms with Gasteiger partial charge in [-0.25, -0.2) is 9.59 Å². The average molecular weight is 605 g/mol. The Bertz CT molecular complexity index is 1140. The smallest absolute Gasteiger partial charge is 0.335 e. The molecule has 0 bridgehead atoms. The monoisotopic (exact) mass is 604 g/mol. The summed E-state index contributed by atoms with van der Waals surface area (Å²) in [5.74, 6) is 0.321. The van der Waals surface area contributed by atoms with E-state index in [0.717, 1.165) is 17.9 Å². The second-order valence-corrected chi connectivity index (χ2v) is 12.2. The number of carbonyl (C=O) groups is 2. The van der Waals surface area contributed by atoms with Crippen LogP contribution in [0.25, 0.3) is 11.1 Å². The van der Waals surface area contributed by atoms with Gasteiger partial charge in [-0.3, -0.25) is 0 Å². The Balaban J connectivity index is 1.53. The standard InChI is InChI=1S/C38H52O6/c1-5-6-7-8-30-11-15-33(16-12-30)35-19-21-36(22-20-35)34-17-13-31(14-18-34)9-10-32(26-43-37(40)28(2)23-24-39)27-44-38(41)29(3)25-42-4/h13-14,17-22,30,32-33,39H,2-3,5-12,15-16,23-27H2,1,4H3. The number of aryl methyl sites for hydroxylation is 1. The van der Waals surface area contributed by atoms with Crippen molar-refractivity contribution in [3.05, 3.63) is 84.0 Å². The highest BCUT2D eigenvalue weighted by Crippen LogP contribution is 2.38. The van der Waals surface area contributed by atoms with E-state index in [2.05, 4.69) is 68.6 Å². The lowest BCUT2D eigenvalue weighted by Crippen LogP contribution is -2.23. The number of benzene rings is 2. The summed E-state index contributed by atoms with van der Waals surface area (Å²) in [6.45, 7) is 9.73. The lowest BCUT2D eigenvalue weighted by Gasteiger charge is -2.29. The van der Waals surface area contributed by atoms with Gasteiger partial charge in [-0.1, -0.05) is 94.3 Å². The molecular formula is C38H52O6. The van der Waals surface area contributed by atoms with Crippen molar-refractivity contribution in [2.45, 2.75) is 83.5 Å². The van der Waals surface area contributed by atoms with Crippen molar-refractivity contribution in [1.29, 1.82) is 0 Å². The highest BCUT2D eigenvalue weighted by Gasteiger charge is 2.22. The molecule has 1 aliphatic rings. The minimum atomic E-state index is -0.551. The molecule has 0 amide bonds. The van der Waals surface area contributed by atoms with E-state index in [1.54, 1.807) is 0 Å². The summed E-state index contributed by atoms with van der Waals surface area (Å²) in [4.78, 5) is 24.4. The van der Waals surface area contributed by atoms with Crippen molar-refractivity contribution in [3.8, 4) is 11.1 Å². The van der Waals surface area contributed by atoms with Crippen molar-refractivity contribution < 1.29 is 28.9 Å². The summed E-state index contributed by atoms with van der Waals surface area (Å²) in [6.07, 6.45) is 12.4. The number of carbonyl (C=O) groups excluding carboxylic acids is 2. The number of rotatable bonds is 19. The Labute approximate surface area is 264 Å². The molecule has 6 nitrogen and oxygen atoms in total. The van der Waals surface area contributed by atoms with Crippen LogP contribution in [0.3, 0.4) is 0 Å². The van der Waals surface area contributed by atoms with Gasteiger partial charge in [-0.15, -0.1) is 0 Å². The number of aliphatic hydroxyl groups is 1. The van der Waals surface area contributed by atoms with E-state index in [1.165, 1.54) is 75.2 Å². The fourth-order valence-corrected chi connectivity index (χ4v) is 5.93. The Morgan fingerprint density at radius 1 is 0.864 bits per heavy atom. The van der Waals surface area contributed by atoms with Crippen LogP contribution in [0.2, 0.25) is 0 Å². The summed E-state index contributed by atoms with van der Waals surface area (Å²) in [7, 11) is 1.49. The summed E-state index contributed by atoms with van der Waals surface area (Å²) >= 11 is 0. The maximum absolute atomic E-state index is 12.2. The molecule has 2 aromatic rings. The van der Waals surface area contributed by atoms with Crippen molar-refractivity contribution in [3.63, 3.8) is 0 Å². The highest BCUT2D eigenvalue weighted by molar-refractivity contribution is 5.88. The van der Waals surface area contributed by atoms with E-state index in [9.17, 15) is 9.59 Å². The number of esters is 2. The van der Waals surface area contributed by atoms with Crippen molar-refractivity contribution in [2.75, 3.05) is 33.5 Å². The minimum Gasteiger partial charge on any atom is -0.462 e. The van der Waals surface area contributed by atoms with Gasteiger partial charge in [-0.05, 0) is 72.6 Å². The van der Waals surface area contributed by atoms with Crippen LogP contribution in [-0.4, -0.2) is 50.6 Å². The Hall–Kier alpha value is -3.22. The van der Waals surface area contributed by atoms with Gasteiger partial charge < -0.3 is 19.3 Å². The van der Waals surface area contributed by atoms with Gasteiger partial charge in [0.25, 0.3) is 0 Å². The summed E-state index contributed by atoms with van der Waals surface area (Å²) < 4.78 is 15.8. The number of unbranched alkanes of at least 4 members (excludes halogenated alkanes) is 2. The largest absolute Gasteiger partial charge is 0.462 e. The predicted molar refractivity (Wildman–Crippen MR) is 176 cm³/mol. The van der Waals surface area contributed by atoms with Gasteiger partial charge in [0.2, 0.25) is 0 Å². The molecule has 1 N–H and O–H groups in total. The van der Waals surface area contributed by atoms with Crippen LogP contribution in [0.4, 0.5) is 0 Å². The number of hydrogen-bond donors (Lipinski definition) is 1. The topological polar surface area (TPSA) is 82.1 Å². The minimum absolute atomic E-state index is 0.0816. The number of ether oxygens (including phenoxy) is 3. The molecule has 0 aromatic heterocycles. The molecule has 1 unspecified atom stereocenters. The van der Waals surface area contributed by atoms with E-state index in [-0.39, 0.29) is 49.9 Å². The van der Waals surface area contributed by atoms with Crippen LogP contribution in [0.5, 0.6) is 0 Å². The maximum atomic E-state index is 12.2. The van der Waals surface area contributed by atoms with E-state index in [0.29, 0.717) is 12.3 Å². The third-order valence-electron chi connectivity index (χ3n) is 8.78. The molecule has 0 saturated heterocycles. The zero-order valence-corrected chi connectivity index (χ0v) is 26.9. The first kappa shape index (κ1) is 35.3. The fourth-order valence-electron chi connectivity index (χ4n) is 5.93. The van der Waals surface area contributed by atoms with Crippen LogP contribution in [0.15, 0.2) is 72.8 Å². The molecule has 1 aliphatic carbocycles. The van der Waals surface area contributed by atoms with Crippen LogP contribution in [0, 0.1) is 11.8 Å². The molecule has 1 fully saturated rings. The van der Waals surface area contributed by atoms with Crippen LogP contribution in [-0.2, 0) is 30.2 Å². The Kier molecular flexibility index (Phi) is 15.4. The van der Waals surface area contributed by atoms with Gasteiger partial charge in [-0.2, -0.15) is 0 Å². The normalized spacial score (nSPS) is 17.1. The SMILES string of the molecule is C=C(CCO)C(=O)OCC(CCc1ccc(-c2ccc(C3CCC(CCCCC)CC3)cc2)cc1)COC(=O)C(=C)COC. The molecule has 240 valence electrons. The van der Waals surface area contributed by atoms with E-state index in [1.807, 2.05) is 0 Å². The predicted octanol–water partition coefficient (Wildman–Crippen LogP) is 7.98. The molecule has 44 heavy (non-hydrogen) atoms. The molecule has 2 aromatic carbocycles. The molecule has 3 rings (SSSR count). The number of methoxy groups -OCH3 is 1. The zero-order chi connectivity index (χ0) is 31.7. The molecule has 6 heteroatoms. The Morgan fingerprint density at radius 2 is 1.45 bits per heavy atom. The fraction of sp³-hybridized carbons (Fsp3) is 0.526. The molecule has 0 radical (unpaired) electrons. The van der Waals surface area contributed by atoms with Crippen molar-refractivity contribution >= 4 is 11.9 Å². The van der Waals surface area contributed by atoms with E-state index >= 15 is 0 Å². The third-order valence-corrected chi connectivity index (χ3v) is 8.78. The molecule has 1 saturated carbocycles. The molecular weight excluding hydrogens is 552 g/mol. The van der Waals surface area contributed by atoms with Gasteiger partial charge >= 0.3 is 11.9 Å². The molecule has 0 spiro atoms. The Morgan fingerprint density at radius 3 is 2.02 bits per heavy atom.